The van der Waals surface area contributed by atoms with E-state index in [0.29, 0.717) is 28.7 Å². The molecule has 3 aromatic rings. The summed E-state index contributed by atoms with van der Waals surface area (Å²) in [5, 5.41) is 3.19. The zero-order valence-electron chi connectivity index (χ0n) is 17.7. The van der Waals surface area contributed by atoms with Gasteiger partial charge in [0.05, 0.1) is 13.7 Å². The first-order chi connectivity index (χ1) is 15.9. The van der Waals surface area contributed by atoms with E-state index in [0.717, 1.165) is 10.5 Å². The third kappa shape index (κ3) is 5.15. The number of benzene rings is 3. The summed E-state index contributed by atoms with van der Waals surface area (Å²) in [7, 11) is 1.51. The fourth-order valence-electron chi connectivity index (χ4n) is 3.31. The first-order valence-corrected chi connectivity index (χ1v) is 10.5. The molecule has 0 spiro atoms. The maximum absolute atomic E-state index is 13.9. The number of methoxy groups -OCH3 is 1. The monoisotopic (exact) mass is 466 g/mol. The highest BCUT2D eigenvalue weighted by Gasteiger charge is 2.34. The number of nitrogens with zero attached hydrogens (tertiary/aromatic N) is 1. The summed E-state index contributed by atoms with van der Waals surface area (Å²) in [5.41, 5.74) is 1.92. The number of amides is 3. The highest BCUT2D eigenvalue weighted by Crippen LogP contribution is 2.30. The minimum absolute atomic E-state index is 0.0909. The molecule has 0 saturated carbocycles. The molecular formula is C25H20ClFN2O4. The minimum Gasteiger partial charge on any atom is -0.493 e. The lowest BCUT2D eigenvalue weighted by molar-refractivity contribution is -0.123. The van der Waals surface area contributed by atoms with Crippen LogP contribution in [-0.4, -0.2) is 23.9 Å². The molecule has 3 aromatic carbocycles. The van der Waals surface area contributed by atoms with Gasteiger partial charge in [0.2, 0.25) is 0 Å². The molecule has 33 heavy (non-hydrogen) atoms. The van der Waals surface area contributed by atoms with Crippen molar-refractivity contribution in [2.45, 2.75) is 13.2 Å². The molecule has 6 nitrogen and oxygen atoms in total. The van der Waals surface area contributed by atoms with E-state index in [2.05, 4.69) is 5.32 Å². The summed E-state index contributed by atoms with van der Waals surface area (Å²) in [4.78, 5) is 26.0. The van der Waals surface area contributed by atoms with E-state index in [1.807, 2.05) is 12.1 Å². The van der Waals surface area contributed by atoms with E-state index < -0.39 is 17.8 Å². The predicted octanol–water partition coefficient (Wildman–Crippen LogP) is 5.16. The van der Waals surface area contributed by atoms with Crippen molar-refractivity contribution in [3.05, 3.63) is 100.0 Å². The fraction of sp³-hybridized carbons (Fsp3) is 0.120. The Kier molecular flexibility index (Phi) is 6.60. The van der Waals surface area contributed by atoms with Crippen molar-refractivity contribution >= 4 is 29.6 Å². The number of rotatable bonds is 7. The molecule has 8 heteroatoms. The van der Waals surface area contributed by atoms with Gasteiger partial charge >= 0.3 is 6.03 Å². The topological polar surface area (TPSA) is 67.9 Å². The lowest BCUT2D eigenvalue weighted by Gasteiger charge is -2.12. The summed E-state index contributed by atoms with van der Waals surface area (Å²) >= 11 is 5.90. The Labute approximate surface area is 195 Å². The van der Waals surface area contributed by atoms with Crippen molar-refractivity contribution in [2.75, 3.05) is 7.11 Å². The van der Waals surface area contributed by atoms with Gasteiger partial charge < -0.3 is 14.8 Å². The molecular weight excluding hydrogens is 447 g/mol. The van der Waals surface area contributed by atoms with E-state index in [9.17, 15) is 14.0 Å². The summed E-state index contributed by atoms with van der Waals surface area (Å²) in [6.07, 6.45) is 1.53. The molecule has 1 N–H and O–H groups in total. The highest BCUT2D eigenvalue weighted by molar-refractivity contribution is 6.30. The van der Waals surface area contributed by atoms with E-state index in [1.165, 1.54) is 25.3 Å². The van der Waals surface area contributed by atoms with Crippen molar-refractivity contribution < 1.29 is 23.5 Å². The molecule has 1 aliphatic heterocycles. The normalized spacial score (nSPS) is 14.5. The number of carbonyl (C=O) groups excluding carboxylic acids is 2. The second-order valence-electron chi connectivity index (χ2n) is 7.30. The Morgan fingerprint density at radius 3 is 2.52 bits per heavy atom. The zero-order valence-corrected chi connectivity index (χ0v) is 18.4. The summed E-state index contributed by atoms with van der Waals surface area (Å²) in [6.45, 7) is 0.170. The molecule has 4 rings (SSSR count). The Morgan fingerprint density at radius 2 is 1.79 bits per heavy atom. The van der Waals surface area contributed by atoms with Gasteiger partial charge in [0.25, 0.3) is 5.91 Å². The molecule has 168 valence electrons. The Balaban J connectivity index is 1.49. The highest BCUT2D eigenvalue weighted by atomic mass is 35.5. The lowest BCUT2D eigenvalue weighted by Crippen LogP contribution is -2.30. The Bertz CT molecular complexity index is 1230. The van der Waals surface area contributed by atoms with Crippen LogP contribution in [0.4, 0.5) is 9.18 Å². The molecule has 0 bridgehead atoms. The summed E-state index contributed by atoms with van der Waals surface area (Å²) < 4.78 is 25.2. The van der Waals surface area contributed by atoms with Crippen LogP contribution in [0.1, 0.15) is 16.7 Å². The molecule has 1 saturated heterocycles. The van der Waals surface area contributed by atoms with Crippen LogP contribution in [-0.2, 0) is 17.9 Å². The number of hydrogen-bond donors (Lipinski definition) is 1. The van der Waals surface area contributed by atoms with E-state index >= 15 is 0 Å². The number of imide groups is 1. The number of halogens is 2. The van der Waals surface area contributed by atoms with Crippen LogP contribution in [0.2, 0.25) is 5.02 Å². The van der Waals surface area contributed by atoms with Gasteiger partial charge in [0.1, 0.15) is 18.1 Å². The van der Waals surface area contributed by atoms with Crippen molar-refractivity contribution in [3.8, 4) is 11.5 Å². The molecule has 0 aliphatic carbocycles. The third-order valence-electron chi connectivity index (χ3n) is 5.05. The Hall–Kier alpha value is -3.84. The van der Waals surface area contributed by atoms with Gasteiger partial charge in [0, 0.05) is 10.6 Å². The quantitative estimate of drug-likeness (QED) is 0.386. The maximum Gasteiger partial charge on any atom is 0.329 e. The van der Waals surface area contributed by atoms with Crippen LogP contribution in [0, 0.1) is 5.82 Å². The number of hydrogen-bond acceptors (Lipinski definition) is 4. The first-order valence-electron chi connectivity index (χ1n) is 10.1. The standard InChI is InChI=1S/C25H20ClFN2O4/c1-32-23-13-17(8-11-22(23)33-15-16-6-9-19(26)10-7-16)12-21-24(30)29(25(31)28-21)14-18-4-2-3-5-20(18)27/h2-13H,14-15H2,1H3,(H,28,31)/b21-12+. The van der Waals surface area contributed by atoms with E-state index in [-0.39, 0.29) is 17.8 Å². The SMILES string of the molecule is COc1cc(/C=C2/NC(=O)N(Cc3ccccc3F)C2=O)ccc1OCc1ccc(Cl)cc1. The van der Waals surface area contributed by atoms with Crippen LogP contribution in [0.5, 0.6) is 11.5 Å². The first kappa shape index (κ1) is 22.4. The van der Waals surface area contributed by atoms with Gasteiger partial charge in [0.15, 0.2) is 11.5 Å². The van der Waals surface area contributed by atoms with Gasteiger partial charge in [-0.3, -0.25) is 9.69 Å². The molecule has 3 amide bonds. The van der Waals surface area contributed by atoms with Crippen molar-refractivity contribution in [3.63, 3.8) is 0 Å². The Morgan fingerprint density at radius 1 is 1.03 bits per heavy atom. The largest absolute Gasteiger partial charge is 0.493 e. The average Bonchev–Trinajstić information content (AvgIpc) is 3.07. The van der Waals surface area contributed by atoms with Crippen LogP contribution in [0.25, 0.3) is 6.08 Å². The fourth-order valence-corrected chi connectivity index (χ4v) is 3.44. The van der Waals surface area contributed by atoms with Gasteiger partial charge in [-0.25, -0.2) is 9.18 Å². The van der Waals surface area contributed by atoms with Gasteiger partial charge in [-0.2, -0.15) is 0 Å². The smallest absolute Gasteiger partial charge is 0.329 e. The van der Waals surface area contributed by atoms with Crippen LogP contribution >= 0.6 is 11.6 Å². The van der Waals surface area contributed by atoms with Crippen molar-refractivity contribution in [2.24, 2.45) is 0 Å². The molecule has 1 aliphatic rings. The van der Waals surface area contributed by atoms with Gasteiger partial charge in [-0.1, -0.05) is 48.0 Å². The van der Waals surface area contributed by atoms with E-state index in [4.69, 9.17) is 21.1 Å². The number of urea groups is 1. The predicted molar refractivity (Wildman–Crippen MR) is 122 cm³/mol. The molecule has 0 radical (unpaired) electrons. The lowest BCUT2D eigenvalue weighted by atomic mass is 10.1. The van der Waals surface area contributed by atoms with Gasteiger partial charge in [-0.15, -0.1) is 0 Å². The molecule has 1 heterocycles. The van der Waals surface area contributed by atoms with Crippen molar-refractivity contribution in [1.82, 2.24) is 10.2 Å². The second-order valence-corrected chi connectivity index (χ2v) is 7.73. The summed E-state index contributed by atoms with van der Waals surface area (Å²) in [5.74, 6) is -0.0180. The molecule has 0 atom stereocenters. The molecule has 1 fully saturated rings. The number of nitrogens with one attached hydrogen (secondary N) is 1. The number of carbonyl (C=O) groups is 2. The number of ether oxygens (including phenoxy) is 2. The third-order valence-corrected chi connectivity index (χ3v) is 5.31. The molecule has 0 unspecified atom stereocenters. The maximum atomic E-state index is 13.9. The second kappa shape index (κ2) is 9.75. The average molecular weight is 467 g/mol. The minimum atomic E-state index is -0.607. The summed E-state index contributed by atoms with van der Waals surface area (Å²) in [6, 6.07) is 17.9. The van der Waals surface area contributed by atoms with E-state index in [1.54, 1.807) is 42.5 Å². The van der Waals surface area contributed by atoms with Crippen LogP contribution < -0.4 is 14.8 Å². The van der Waals surface area contributed by atoms with Crippen LogP contribution in [0.3, 0.4) is 0 Å². The zero-order chi connectivity index (χ0) is 23.4. The van der Waals surface area contributed by atoms with Crippen LogP contribution in [0.15, 0.2) is 72.4 Å². The van der Waals surface area contributed by atoms with Crippen molar-refractivity contribution in [1.29, 1.82) is 0 Å². The molecule has 0 aromatic heterocycles. The van der Waals surface area contributed by atoms with Gasteiger partial charge in [-0.05, 0) is 47.5 Å².